The van der Waals surface area contributed by atoms with Gasteiger partial charge in [0.2, 0.25) is 0 Å². The topological polar surface area (TPSA) is 20.3 Å². The second kappa shape index (κ2) is 5.92. The Hall–Kier alpha value is -1.22. The van der Waals surface area contributed by atoms with Crippen LogP contribution >= 0.6 is 0 Å². The minimum atomic E-state index is -0.297. The smallest absolute Gasteiger partial charge is 0.127 e. The number of carbonyl (C=O) groups is 1. The van der Waals surface area contributed by atoms with Crippen LogP contribution in [0.5, 0.6) is 0 Å². The lowest BCUT2D eigenvalue weighted by atomic mass is 9.89. The molecular weight excluding hydrogens is 217 g/mol. The second-order valence-electron chi connectivity index (χ2n) is 4.92. The summed E-state index contributed by atoms with van der Waals surface area (Å²) in [4.78, 5) is 13.1. The molecule has 1 atom stereocenters. The molecular formula is C14H20FNO. The Kier molecular flexibility index (Phi) is 4.82. The van der Waals surface area contributed by atoms with Gasteiger partial charge in [-0.2, -0.15) is 0 Å². The van der Waals surface area contributed by atoms with E-state index in [9.17, 15) is 9.18 Å². The minimum absolute atomic E-state index is 0.220. The summed E-state index contributed by atoms with van der Waals surface area (Å²) >= 11 is 0. The number of rotatable bonds is 6. The summed E-state index contributed by atoms with van der Waals surface area (Å²) in [6.45, 7) is 5.41. The first-order chi connectivity index (χ1) is 7.99. The molecule has 1 aromatic carbocycles. The van der Waals surface area contributed by atoms with Crippen LogP contribution in [-0.2, 0) is 11.3 Å². The molecule has 1 rings (SSSR count). The zero-order chi connectivity index (χ0) is 12.9. The van der Waals surface area contributed by atoms with Gasteiger partial charge in [-0.1, -0.05) is 26.0 Å². The van der Waals surface area contributed by atoms with E-state index < -0.39 is 0 Å². The van der Waals surface area contributed by atoms with E-state index in [1.807, 2.05) is 20.9 Å². The molecule has 94 valence electrons. The third-order valence-corrected chi connectivity index (χ3v) is 3.09. The highest BCUT2D eigenvalue weighted by Gasteiger charge is 2.22. The van der Waals surface area contributed by atoms with Crippen LogP contribution in [0.4, 0.5) is 4.39 Å². The maximum Gasteiger partial charge on any atom is 0.127 e. The van der Waals surface area contributed by atoms with E-state index >= 15 is 0 Å². The highest BCUT2D eigenvalue weighted by molar-refractivity contribution is 5.58. The average Bonchev–Trinajstić information content (AvgIpc) is 2.32. The summed E-state index contributed by atoms with van der Waals surface area (Å²) in [6, 6.07) is 6.47. The number of nitrogens with zero attached hydrogens (tertiary/aromatic N) is 1. The zero-order valence-corrected chi connectivity index (χ0v) is 10.7. The van der Waals surface area contributed by atoms with Crippen molar-refractivity contribution in [3.05, 3.63) is 35.6 Å². The molecule has 0 bridgehead atoms. The first-order valence-electron chi connectivity index (χ1n) is 5.88. The molecule has 2 nitrogen and oxygen atoms in total. The van der Waals surface area contributed by atoms with Gasteiger partial charge in [-0.05, 0) is 31.2 Å². The lowest BCUT2D eigenvalue weighted by Gasteiger charge is -2.27. The summed E-state index contributed by atoms with van der Waals surface area (Å²) in [5.41, 5.74) is 0.757. The summed E-state index contributed by atoms with van der Waals surface area (Å²) < 4.78 is 12.7. The highest BCUT2D eigenvalue weighted by Crippen LogP contribution is 2.19. The van der Waals surface area contributed by atoms with E-state index in [1.165, 1.54) is 12.1 Å². The molecule has 0 amide bonds. The van der Waals surface area contributed by atoms with E-state index in [0.717, 1.165) is 24.8 Å². The zero-order valence-electron chi connectivity index (χ0n) is 10.7. The average molecular weight is 237 g/mol. The fourth-order valence-corrected chi connectivity index (χ4v) is 1.81. The van der Waals surface area contributed by atoms with Crippen LogP contribution in [0.25, 0.3) is 0 Å². The number of halogens is 1. The van der Waals surface area contributed by atoms with Gasteiger partial charge in [-0.3, -0.25) is 0 Å². The SMILES string of the molecule is CCC(C)(C=O)CN(C)Cc1ccc(F)cc1. The van der Waals surface area contributed by atoms with Crippen molar-refractivity contribution in [3.8, 4) is 0 Å². The molecule has 0 saturated heterocycles. The van der Waals surface area contributed by atoms with Crippen molar-refractivity contribution in [1.29, 1.82) is 0 Å². The van der Waals surface area contributed by atoms with Gasteiger partial charge in [0.15, 0.2) is 0 Å². The van der Waals surface area contributed by atoms with Gasteiger partial charge in [0.1, 0.15) is 12.1 Å². The van der Waals surface area contributed by atoms with Gasteiger partial charge < -0.3 is 9.69 Å². The molecule has 0 saturated carbocycles. The van der Waals surface area contributed by atoms with E-state index in [1.54, 1.807) is 12.1 Å². The molecule has 0 N–H and O–H groups in total. The Labute approximate surface area is 102 Å². The Morgan fingerprint density at radius 2 is 1.94 bits per heavy atom. The Balaban J connectivity index is 2.57. The number of carbonyl (C=O) groups excluding carboxylic acids is 1. The maximum atomic E-state index is 12.7. The van der Waals surface area contributed by atoms with Crippen LogP contribution in [-0.4, -0.2) is 24.8 Å². The van der Waals surface area contributed by atoms with E-state index in [4.69, 9.17) is 0 Å². The molecule has 0 aliphatic carbocycles. The normalized spacial score (nSPS) is 14.6. The van der Waals surface area contributed by atoms with Gasteiger partial charge in [0.05, 0.1) is 0 Å². The third kappa shape index (κ3) is 4.27. The molecule has 1 aromatic rings. The number of benzene rings is 1. The number of hydrogen-bond acceptors (Lipinski definition) is 2. The molecule has 0 fully saturated rings. The summed E-state index contributed by atoms with van der Waals surface area (Å²) in [6.07, 6.45) is 1.85. The van der Waals surface area contributed by atoms with Crippen molar-refractivity contribution >= 4 is 6.29 Å². The maximum absolute atomic E-state index is 12.7. The van der Waals surface area contributed by atoms with Crippen LogP contribution in [0.15, 0.2) is 24.3 Å². The van der Waals surface area contributed by atoms with Gasteiger partial charge in [-0.25, -0.2) is 4.39 Å². The fraction of sp³-hybridized carbons (Fsp3) is 0.500. The molecule has 1 unspecified atom stereocenters. The van der Waals surface area contributed by atoms with Gasteiger partial charge in [0.25, 0.3) is 0 Å². The van der Waals surface area contributed by atoms with E-state index in [-0.39, 0.29) is 11.2 Å². The third-order valence-electron chi connectivity index (χ3n) is 3.09. The van der Waals surface area contributed by atoms with E-state index in [0.29, 0.717) is 6.54 Å². The van der Waals surface area contributed by atoms with Crippen molar-refractivity contribution in [3.63, 3.8) is 0 Å². The predicted molar refractivity (Wildman–Crippen MR) is 67.2 cm³/mol. The Morgan fingerprint density at radius 3 is 2.41 bits per heavy atom. The number of hydrogen-bond donors (Lipinski definition) is 0. The Bertz CT molecular complexity index is 363. The molecule has 0 aliphatic heterocycles. The number of aldehydes is 1. The van der Waals surface area contributed by atoms with Crippen LogP contribution < -0.4 is 0 Å². The lowest BCUT2D eigenvalue weighted by molar-refractivity contribution is -0.116. The first-order valence-corrected chi connectivity index (χ1v) is 5.88. The molecule has 0 aliphatic rings. The largest absolute Gasteiger partial charge is 0.303 e. The standard InChI is InChI=1S/C14H20FNO/c1-4-14(2,11-17)10-16(3)9-12-5-7-13(15)8-6-12/h5-8,11H,4,9-10H2,1-3H3. The second-order valence-corrected chi connectivity index (χ2v) is 4.92. The molecule has 0 aromatic heterocycles. The summed E-state index contributed by atoms with van der Waals surface area (Å²) in [7, 11) is 1.97. The molecule has 17 heavy (non-hydrogen) atoms. The van der Waals surface area contributed by atoms with Gasteiger partial charge in [0, 0.05) is 18.5 Å². The predicted octanol–water partition coefficient (Wildman–Crippen LogP) is 2.87. The fourth-order valence-electron chi connectivity index (χ4n) is 1.81. The van der Waals surface area contributed by atoms with Crippen molar-refractivity contribution in [2.45, 2.75) is 26.8 Å². The molecule has 0 heterocycles. The van der Waals surface area contributed by atoms with Gasteiger partial charge >= 0.3 is 0 Å². The van der Waals surface area contributed by atoms with Crippen molar-refractivity contribution in [1.82, 2.24) is 4.90 Å². The van der Waals surface area contributed by atoms with Crippen molar-refractivity contribution < 1.29 is 9.18 Å². The summed E-state index contributed by atoms with van der Waals surface area (Å²) in [5.74, 6) is -0.220. The molecule has 0 radical (unpaired) electrons. The van der Waals surface area contributed by atoms with Crippen molar-refractivity contribution in [2.24, 2.45) is 5.41 Å². The van der Waals surface area contributed by atoms with Gasteiger partial charge in [-0.15, -0.1) is 0 Å². The first kappa shape index (κ1) is 13.8. The van der Waals surface area contributed by atoms with Crippen LogP contribution in [0.1, 0.15) is 25.8 Å². The quantitative estimate of drug-likeness (QED) is 0.709. The summed E-state index contributed by atoms with van der Waals surface area (Å²) in [5, 5.41) is 0. The molecule has 0 spiro atoms. The monoisotopic (exact) mass is 237 g/mol. The van der Waals surface area contributed by atoms with E-state index in [2.05, 4.69) is 4.90 Å². The lowest BCUT2D eigenvalue weighted by Crippen LogP contribution is -2.33. The molecule has 3 heteroatoms. The highest BCUT2D eigenvalue weighted by atomic mass is 19.1. The van der Waals surface area contributed by atoms with Crippen LogP contribution in [0, 0.1) is 11.2 Å². The van der Waals surface area contributed by atoms with Crippen LogP contribution in [0.3, 0.4) is 0 Å². The van der Waals surface area contributed by atoms with Crippen molar-refractivity contribution in [2.75, 3.05) is 13.6 Å². The van der Waals surface area contributed by atoms with Crippen LogP contribution in [0.2, 0.25) is 0 Å². The Morgan fingerprint density at radius 1 is 1.35 bits per heavy atom. The minimum Gasteiger partial charge on any atom is -0.303 e.